The van der Waals surface area contributed by atoms with Gasteiger partial charge in [-0.1, -0.05) is 6.92 Å². The molecule has 0 aromatic heterocycles. The van der Waals surface area contributed by atoms with Crippen LogP contribution < -0.4 is 5.32 Å². The van der Waals surface area contributed by atoms with Crippen LogP contribution in [0.3, 0.4) is 0 Å². The van der Waals surface area contributed by atoms with Crippen molar-refractivity contribution in [1.82, 2.24) is 4.90 Å². The van der Waals surface area contributed by atoms with Crippen LogP contribution in [0.5, 0.6) is 0 Å². The summed E-state index contributed by atoms with van der Waals surface area (Å²) in [7, 11) is 1.20. The largest absolute Gasteiger partial charge is 0.480 e. The standard InChI is InChI=1S/C12H13F3N2O3/c1-3-10(11(18)19)17(2)12(20)16-9-5-7(14)6(13)4-8(9)15/h4-5,10H,3H2,1-2H3,(H,16,20)(H,18,19). The number of carboxylic acids is 1. The number of aliphatic carboxylic acids is 1. The third kappa shape index (κ3) is 3.40. The first-order valence-corrected chi connectivity index (χ1v) is 5.69. The number of carboxylic acid groups (broad SMARTS) is 1. The van der Waals surface area contributed by atoms with Crippen molar-refractivity contribution in [3.63, 3.8) is 0 Å². The van der Waals surface area contributed by atoms with E-state index in [1.54, 1.807) is 6.92 Å². The molecule has 8 heteroatoms. The highest BCUT2D eigenvalue weighted by atomic mass is 19.2. The first-order valence-electron chi connectivity index (χ1n) is 5.69. The van der Waals surface area contributed by atoms with E-state index in [1.807, 2.05) is 5.32 Å². The summed E-state index contributed by atoms with van der Waals surface area (Å²) in [6, 6.07) is -1.27. The van der Waals surface area contributed by atoms with Crippen LogP contribution in [0.15, 0.2) is 12.1 Å². The van der Waals surface area contributed by atoms with Crippen molar-refractivity contribution in [2.45, 2.75) is 19.4 Å². The lowest BCUT2D eigenvalue weighted by Crippen LogP contribution is -2.44. The third-order valence-electron chi connectivity index (χ3n) is 2.71. The maximum atomic E-state index is 13.3. The number of rotatable bonds is 4. The topological polar surface area (TPSA) is 69.6 Å². The molecule has 0 heterocycles. The number of anilines is 1. The normalized spacial score (nSPS) is 11.8. The predicted molar refractivity (Wildman–Crippen MR) is 64.8 cm³/mol. The zero-order valence-electron chi connectivity index (χ0n) is 10.8. The minimum Gasteiger partial charge on any atom is -0.480 e. The monoisotopic (exact) mass is 290 g/mol. The van der Waals surface area contributed by atoms with E-state index >= 15 is 0 Å². The van der Waals surface area contributed by atoms with E-state index in [2.05, 4.69) is 0 Å². The first-order chi connectivity index (χ1) is 9.27. The van der Waals surface area contributed by atoms with Gasteiger partial charge in [0, 0.05) is 19.2 Å². The van der Waals surface area contributed by atoms with Gasteiger partial charge in [-0.25, -0.2) is 22.8 Å². The Bertz CT molecular complexity index is 537. The van der Waals surface area contributed by atoms with Crippen molar-refractivity contribution in [3.05, 3.63) is 29.6 Å². The lowest BCUT2D eigenvalue weighted by molar-refractivity contribution is -0.141. The number of halogens is 3. The van der Waals surface area contributed by atoms with Gasteiger partial charge in [-0.05, 0) is 6.42 Å². The number of hydrogen-bond acceptors (Lipinski definition) is 2. The molecular formula is C12H13F3N2O3. The van der Waals surface area contributed by atoms with Gasteiger partial charge in [0.25, 0.3) is 0 Å². The molecule has 2 amide bonds. The number of benzene rings is 1. The van der Waals surface area contributed by atoms with Crippen molar-refractivity contribution >= 4 is 17.7 Å². The Labute approximate surface area is 113 Å². The molecule has 110 valence electrons. The number of carbonyl (C=O) groups excluding carboxylic acids is 1. The van der Waals surface area contributed by atoms with Gasteiger partial charge in [0.1, 0.15) is 11.9 Å². The van der Waals surface area contributed by atoms with E-state index in [0.29, 0.717) is 12.1 Å². The summed E-state index contributed by atoms with van der Waals surface area (Å²) >= 11 is 0. The van der Waals surface area contributed by atoms with Crippen LogP contribution in [0.1, 0.15) is 13.3 Å². The zero-order chi connectivity index (χ0) is 15.4. The van der Waals surface area contributed by atoms with Gasteiger partial charge in [0.05, 0.1) is 5.69 Å². The summed E-state index contributed by atoms with van der Waals surface area (Å²) in [6.07, 6.45) is 0.138. The van der Waals surface area contributed by atoms with Crippen LogP contribution in [-0.2, 0) is 4.79 Å². The van der Waals surface area contributed by atoms with Gasteiger partial charge in [-0.2, -0.15) is 0 Å². The number of nitrogens with one attached hydrogen (secondary N) is 1. The Morgan fingerprint density at radius 2 is 1.80 bits per heavy atom. The lowest BCUT2D eigenvalue weighted by Gasteiger charge is -2.24. The first kappa shape index (κ1) is 15.8. The van der Waals surface area contributed by atoms with Crippen LogP contribution >= 0.6 is 0 Å². The molecule has 20 heavy (non-hydrogen) atoms. The third-order valence-corrected chi connectivity index (χ3v) is 2.71. The molecule has 0 aliphatic heterocycles. The highest BCUT2D eigenvalue weighted by molar-refractivity contribution is 5.92. The summed E-state index contributed by atoms with van der Waals surface area (Å²) in [5.41, 5.74) is -0.569. The van der Waals surface area contributed by atoms with Crippen molar-refractivity contribution in [2.75, 3.05) is 12.4 Å². The second-order valence-corrected chi connectivity index (χ2v) is 4.05. The minimum atomic E-state index is -1.38. The molecule has 0 saturated carbocycles. The number of urea groups is 1. The molecule has 0 spiro atoms. The van der Waals surface area contributed by atoms with E-state index < -0.39 is 41.2 Å². The fourth-order valence-corrected chi connectivity index (χ4v) is 1.58. The molecule has 1 atom stereocenters. The quantitative estimate of drug-likeness (QED) is 0.837. The van der Waals surface area contributed by atoms with Crippen LogP contribution in [-0.4, -0.2) is 35.1 Å². The Kier molecular flexibility index (Phi) is 4.95. The number of nitrogens with zero attached hydrogens (tertiary/aromatic N) is 1. The van der Waals surface area contributed by atoms with Crippen LogP contribution in [0.2, 0.25) is 0 Å². The van der Waals surface area contributed by atoms with Crippen LogP contribution in [0.25, 0.3) is 0 Å². The van der Waals surface area contributed by atoms with Crippen molar-refractivity contribution in [3.8, 4) is 0 Å². The second kappa shape index (κ2) is 6.27. The number of likely N-dealkylation sites (N-methyl/N-ethyl adjacent to an activating group) is 1. The van der Waals surface area contributed by atoms with E-state index in [9.17, 15) is 22.8 Å². The maximum absolute atomic E-state index is 13.3. The molecule has 1 rings (SSSR count). The summed E-state index contributed by atoms with van der Waals surface area (Å²) in [5.74, 6) is -5.09. The molecule has 1 aromatic rings. The molecule has 0 fully saturated rings. The smallest absolute Gasteiger partial charge is 0.326 e. The summed E-state index contributed by atoms with van der Waals surface area (Å²) in [4.78, 5) is 23.5. The molecular weight excluding hydrogens is 277 g/mol. The number of hydrogen-bond donors (Lipinski definition) is 2. The summed E-state index contributed by atoms with van der Waals surface area (Å²) < 4.78 is 39.0. The average molecular weight is 290 g/mol. The molecule has 0 bridgehead atoms. The molecule has 1 unspecified atom stereocenters. The highest BCUT2D eigenvalue weighted by Crippen LogP contribution is 2.19. The Morgan fingerprint density at radius 3 is 2.30 bits per heavy atom. The Hall–Kier alpha value is -2.25. The van der Waals surface area contributed by atoms with E-state index in [0.717, 1.165) is 4.90 Å². The molecule has 1 aromatic carbocycles. The summed E-state index contributed by atoms with van der Waals surface area (Å²) in [6.45, 7) is 1.56. The van der Waals surface area contributed by atoms with Gasteiger partial charge in [0.2, 0.25) is 0 Å². The number of amides is 2. The molecule has 2 N–H and O–H groups in total. The van der Waals surface area contributed by atoms with E-state index in [4.69, 9.17) is 5.11 Å². The van der Waals surface area contributed by atoms with Gasteiger partial charge < -0.3 is 15.3 Å². The molecule has 5 nitrogen and oxygen atoms in total. The summed E-state index contributed by atoms with van der Waals surface area (Å²) in [5, 5.41) is 10.9. The Morgan fingerprint density at radius 1 is 1.25 bits per heavy atom. The van der Waals surface area contributed by atoms with Crippen molar-refractivity contribution in [1.29, 1.82) is 0 Å². The second-order valence-electron chi connectivity index (χ2n) is 4.05. The molecule has 0 saturated heterocycles. The predicted octanol–water partition coefficient (Wildman–Crippen LogP) is 2.43. The molecule has 0 aliphatic carbocycles. The molecule has 0 radical (unpaired) electrons. The van der Waals surface area contributed by atoms with Crippen LogP contribution in [0, 0.1) is 17.5 Å². The highest BCUT2D eigenvalue weighted by Gasteiger charge is 2.25. The fraction of sp³-hybridized carbons (Fsp3) is 0.333. The average Bonchev–Trinajstić information content (AvgIpc) is 2.36. The van der Waals surface area contributed by atoms with Gasteiger partial charge in [0.15, 0.2) is 11.6 Å². The molecule has 0 aliphatic rings. The maximum Gasteiger partial charge on any atom is 0.326 e. The van der Waals surface area contributed by atoms with Gasteiger partial charge >= 0.3 is 12.0 Å². The fourth-order valence-electron chi connectivity index (χ4n) is 1.58. The van der Waals surface area contributed by atoms with Gasteiger partial charge in [-0.3, -0.25) is 0 Å². The van der Waals surface area contributed by atoms with Crippen molar-refractivity contribution in [2.24, 2.45) is 0 Å². The lowest BCUT2D eigenvalue weighted by atomic mass is 10.2. The van der Waals surface area contributed by atoms with Crippen molar-refractivity contribution < 1.29 is 27.9 Å². The Balaban J connectivity index is 2.90. The minimum absolute atomic E-state index is 0.138. The zero-order valence-corrected chi connectivity index (χ0v) is 10.8. The van der Waals surface area contributed by atoms with E-state index in [-0.39, 0.29) is 6.42 Å². The van der Waals surface area contributed by atoms with E-state index in [1.165, 1.54) is 7.05 Å². The van der Waals surface area contributed by atoms with Gasteiger partial charge in [-0.15, -0.1) is 0 Å². The van der Waals surface area contributed by atoms with Crippen LogP contribution in [0.4, 0.5) is 23.7 Å². The number of carbonyl (C=O) groups is 2. The SMILES string of the molecule is CCC(C(=O)O)N(C)C(=O)Nc1cc(F)c(F)cc1F.